The Bertz CT molecular complexity index is 1800. The number of benzene rings is 2. The van der Waals surface area contributed by atoms with Crippen LogP contribution in [0.3, 0.4) is 0 Å². The van der Waals surface area contributed by atoms with Crippen molar-refractivity contribution in [3.8, 4) is 23.1 Å². The van der Waals surface area contributed by atoms with Crippen molar-refractivity contribution in [1.29, 1.82) is 5.26 Å². The van der Waals surface area contributed by atoms with E-state index in [0.717, 1.165) is 16.7 Å². The first kappa shape index (κ1) is 29.5. The van der Waals surface area contributed by atoms with Crippen LogP contribution >= 0.6 is 0 Å². The van der Waals surface area contributed by atoms with E-state index in [1.807, 2.05) is 6.07 Å². The summed E-state index contributed by atoms with van der Waals surface area (Å²) in [4.78, 5) is 19.5. The van der Waals surface area contributed by atoms with Crippen molar-refractivity contribution in [3.63, 3.8) is 0 Å². The highest BCUT2D eigenvalue weighted by molar-refractivity contribution is 7.91. The highest BCUT2D eigenvalue weighted by Crippen LogP contribution is 2.34. The number of sulfone groups is 1. The third-order valence-corrected chi connectivity index (χ3v) is 8.21. The van der Waals surface area contributed by atoms with Crippen molar-refractivity contribution in [1.82, 2.24) is 14.5 Å². The molecule has 0 aliphatic carbocycles. The van der Waals surface area contributed by atoms with Crippen LogP contribution in [-0.2, 0) is 25.9 Å². The van der Waals surface area contributed by atoms with Crippen molar-refractivity contribution in [2.45, 2.75) is 36.3 Å². The first-order valence-corrected chi connectivity index (χ1v) is 14.0. The molecule has 1 N–H and O–H groups in total. The fraction of sp³-hybridized carbons (Fsp3) is 0.241. The minimum Gasteiger partial charge on any atom is -0.493 e. The van der Waals surface area contributed by atoms with Gasteiger partial charge in [0.25, 0.3) is 5.56 Å². The van der Waals surface area contributed by atoms with Crippen LogP contribution in [0.25, 0.3) is 11.1 Å². The van der Waals surface area contributed by atoms with Crippen molar-refractivity contribution in [3.05, 3.63) is 99.6 Å². The van der Waals surface area contributed by atoms with Gasteiger partial charge in [-0.2, -0.15) is 10.2 Å². The van der Waals surface area contributed by atoms with E-state index >= 15 is 4.39 Å². The molecule has 10 nitrogen and oxygen atoms in total. The van der Waals surface area contributed by atoms with E-state index in [1.54, 1.807) is 50.4 Å². The molecule has 1 atom stereocenters. The number of hydrogen-bond acceptors (Lipinski definition) is 9. The lowest BCUT2D eigenvalue weighted by Crippen LogP contribution is -2.29. The van der Waals surface area contributed by atoms with Gasteiger partial charge in [-0.3, -0.25) is 14.3 Å². The van der Waals surface area contributed by atoms with E-state index in [4.69, 9.17) is 9.47 Å². The van der Waals surface area contributed by atoms with Gasteiger partial charge in [0.2, 0.25) is 15.7 Å². The summed E-state index contributed by atoms with van der Waals surface area (Å²) in [5, 5.41) is 20.8. The molecule has 41 heavy (non-hydrogen) atoms. The van der Waals surface area contributed by atoms with E-state index in [2.05, 4.69) is 9.97 Å². The van der Waals surface area contributed by atoms with Gasteiger partial charge in [0.1, 0.15) is 18.2 Å². The molecule has 2 aromatic heterocycles. The fourth-order valence-corrected chi connectivity index (χ4v) is 5.83. The van der Waals surface area contributed by atoms with E-state index in [0.29, 0.717) is 22.3 Å². The average Bonchev–Trinajstić information content (AvgIpc) is 2.95. The Balaban J connectivity index is 1.93. The summed E-state index contributed by atoms with van der Waals surface area (Å²) in [6, 6.07) is 12.4. The van der Waals surface area contributed by atoms with Gasteiger partial charge in [0.15, 0.2) is 4.90 Å². The Morgan fingerprint density at radius 3 is 2.61 bits per heavy atom. The van der Waals surface area contributed by atoms with E-state index in [-0.39, 0.29) is 31.2 Å². The predicted molar refractivity (Wildman–Crippen MR) is 146 cm³/mol. The van der Waals surface area contributed by atoms with Gasteiger partial charge in [-0.1, -0.05) is 18.2 Å². The van der Waals surface area contributed by atoms with Gasteiger partial charge in [0.05, 0.1) is 29.2 Å². The summed E-state index contributed by atoms with van der Waals surface area (Å²) in [7, 11) is -3.36. The van der Waals surface area contributed by atoms with Crippen molar-refractivity contribution in [2.24, 2.45) is 0 Å². The van der Waals surface area contributed by atoms with E-state index in [9.17, 15) is 23.6 Å². The summed E-state index contributed by atoms with van der Waals surface area (Å²) in [6.45, 7) is 3.39. The van der Waals surface area contributed by atoms with Gasteiger partial charge in [-0.15, -0.1) is 0 Å². The standard InChI is InChI=1S/C29H27FN4O6S/c1-4-40-17-26-33-28(35)27(29(36)34(26)25(16-39-3)20-7-5-6-19(12-20)14-31)41(37,38)21-8-9-23(24(30)13-21)22-10-11-32-15-18(22)2/h5-13,15,25,36H,4,16-17H2,1-3H3/t25-/m0/s1. The number of nitriles is 1. The minimum absolute atomic E-state index is 0.0626. The van der Waals surface area contributed by atoms with Gasteiger partial charge in [-0.25, -0.2) is 12.8 Å². The number of nitrogens with zero attached hydrogens (tertiary/aromatic N) is 4. The molecule has 0 spiro atoms. The molecule has 0 aliphatic rings. The van der Waals surface area contributed by atoms with Crippen LogP contribution in [0.4, 0.5) is 4.39 Å². The summed E-state index contributed by atoms with van der Waals surface area (Å²) >= 11 is 0. The quantitative estimate of drug-likeness (QED) is 0.296. The summed E-state index contributed by atoms with van der Waals surface area (Å²) < 4.78 is 54.7. The Kier molecular flexibility index (Phi) is 8.92. The number of pyridine rings is 1. The van der Waals surface area contributed by atoms with Crippen molar-refractivity contribution in [2.75, 3.05) is 20.3 Å². The molecule has 4 aromatic rings. The highest BCUT2D eigenvalue weighted by Gasteiger charge is 2.33. The smallest absolute Gasteiger partial charge is 0.296 e. The van der Waals surface area contributed by atoms with Crippen LogP contribution < -0.4 is 5.56 Å². The predicted octanol–water partition coefficient (Wildman–Crippen LogP) is 3.94. The minimum atomic E-state index is -4.77. The molecule has 2 aromatic carbocycles. The monoisotopic (exact) mass is 578 g/mol. The Hall–Kier alpha value is -4.44. The van der Waals surface area contributed by atoms with Crippen molar-refractivity contribution >= 4 is 9.84 Å². The van der Waals surface area contributed by atoms with Crippen molar-refractivity contribution < 1.29 is 27.4 Å². The zero-order chi connectivity index (χ0) is 29.7. The molecular formula is C29H27FN4O6S. The zero-order valence-corrected chi connectivity index (χ0v) is 23.4. The highest BCUT2D eigenvalue weighted by atomic mass is 32.2. The third-order valence-electron chi connectivity index (χ3n) is 6.44. The summed E-state index contributed by atoms with van der Waals surface area (Å²) in [5.41, 5.74) is 0.919. The molecule has 0 saturated carbocycles. The lowest BCUT2D eigenvalue weighted by atomic mass is 10.0. The van der Waals surface area contributed by atoms with Crippen LogP contribution in [0.2, 0.25) is 0 Å². The number of ether oxygens (including phenoxy) is 2. The van der Waals surface area contributed by atoms with Gasteiger partial charge < -0.3 is 14.6 Å². The molecular weight excluding hydrogens is 551 g/mol. The second kappa shape index (κ2) is 12.4. The van der Waals surface area contributed by atoms with Crippen LogP contribution in [0.1, 0.15) is 35.5 Å². The van der Waals surface area contributed by atoms with Crippen LogP contribution in [-0.4, -0.2) is 48.4 Å². The number of aromatic nitrogens is 3. The van der Waals surface area contributed by atoms with Gasteiger partial charge in [0, 0.05) is 31.7 Å². The fourth-order valence-electron chi connectivity index (χ4n) is 4.47. The molecule has 0 aliphatic heterocycles. The van der Waals surface area contributed by atoms with Gasteiger partial charge in [-0.05, 0) is 60.9 Å². The molecule has 0 saturated heterocycles. The maximum absolute atomic E-state index is 15.3. The number of methoxy groups -OCH3 is 1. The summed E-state index contributed by atoms with van der Waals surface area (Å²) in [6.07, 6.45) is 3.04. The number of rotatable bonds is 10. The normalized spacial score (nSPS) is 12.2. The molecule has 4 rings (SSSR count). The molecule has 0 unspecified atom stereocenters. The van der Waals surface area contributed by atoms with Crippen LogP contribution in [0, 0.1) is 24.1 Å². The van der Waals surface area contributed by atoms with E-state index in [1.165, 1.54) is 19.4 Å². The number of aromatic hydroxyl groups is 1. The maximum Gasteiger partial charge on any atom is 0.296 e. The van der Waals surface area contributed by atoms with Crippen LogP contribution in [0.15, 0.2) is 75.5 Å². The maximum atomic E-state index is 15.3. The first-order chi connectivity index (χ1) is 19.6. The number of aryl methyl sites for hydroxylation is 1. The summed E-state index contributed by atoms with van der Waals surface area (Å²) in [5.74, 6) is -1.82. The second-order valence-electron chi connectivity index (χ2n) is 9.04. The van der Waals surface area contributed by atoms with E-state index < -0.39 is 42.9 Å². The molecule has 0 bridgehead atoms. The molecule has 12 heteroatoms. The second-order valence-corrected chi connectivity index (χ2v) is 10.9. The molecule has 0 fully saturated rings. The first-order valence-electron chi connectivity index (χ1n) is 12.5. The molecule has 212 valence electrons. The Morgan fingerprint density at radius 2 is 1.95 bits per heavy atom. The third kappa shape index (κ3) is 5.88. The lowest BCUT2D eigenvalue weighted by Gasteiger charge is -2.25. The molecule has 0 amide bonds. The average molecular weight is 579 g/mol. The zero-order valence-electron chi connectivity index (χ0n) is 22.5. The Labute approximate surface area is 236 Å². The number of hydrogen-bond donors (Lipinski definition) is 1. The van der Waals surface area contributed by atoms with Gasteiger partial charge >= 0.3 is 0 Å². The molecule has 2 heterocycles. The largest absolute Gasteiger partial charge is 0.493 e. The number of halogens is 1. The van der Waals surface area contributed by atoms with Crippen LogP contribution in [0.5, 0.6) is 5.88 Å². The lowest BCUT2D eigenvalue weighted by molar-refractivity contribution is 0.114. The SMILES string of the molecule is CCOCc1nc(=O)c(S(=O)(=O)c2ccc(-c3ccncc3C)c(F)c2)c(O)n1[C@@H](COC)c1cccc(C#N)c1. The molecule has 0 radical (unpaired) electrons. The Morgan fingerprint density at radius 1 is 1.17 bits per heavy atom. The topological polar surface area (TPSA) is 144 Å².